The van der Waals surface area contributed by atoms with Crippen LogP contribution in [0.25, 0.3) is 0 Å². The van der Waals surface area contributed by atoms with Gasteiger partial charge in [-0.25, -0.2) is 0 Å². The quantitative estimate of drug-likeness (QED) is 0.0498. The summed E-state index contributed by atoms with van der Waals surface area (Å²) in [6, 6.07) is -3.20. The number of phenolic OH excluding ortho intramolecular Hbond substituents is 3. The van der Waals surface area contributed by atoms with Crippen LogP contribution in [0.3, 0.4) is 0 Å². The number of nitrogens with one attached hydrogen (secondary N) is 3. The minimum atomic E-state index is -1.07. The zero-order valence-corrected chi connectivity index (χ0v) is 63.4. The van der Waals surface area contributed by atoms with Crippen molar-refractivity contribution in [2.45, 2.75) is 18.1 Å². The second-order valence-electron chi connectivity index (χ2n) is 14.6. The summed E-state index contributed by atoms with van der Waals surface area (Å²) < 4.78 is 0.703. The molecule has 378 valence electrons. The monoisotopic (exact) mass is 2040 g/mol. The molecule has 1 aliphatic heterocycles. The van der Waals surface area contributed by atoms with E-state index in [-0.39, 0.29) is 193 Å². The molecule has 0 unspecified atom stereocenters. The number of rotatable bonds is 15. The number of benzene rings is 3. The number of hydrogen-bond acceptors (Lipinski definition) is 15. The first kappa shape index (κ1) is 73.2. The molecule has 72 heavy (non-hydrogen) atoms. The van der Waals surface area contributed by atoms with E-state index in [0.717, 1.165) is 0 Å². The van der Waals surface area contributed by atoms with Gasteiger partial charge in [-0.05, 0) is 203 Å². The zero-order chi connectivity index (χ0) is 51.9. The molecule has 33 heteroatoms. The van der Waals surface area contributed by atoms with Gasteiger partial charge in [-0.3, -0.25) is 28.8 Å². The Morgan fingerprint density at radius 1 is 0.347 bits per heavy atom. The van der Waals surface area contributed by atoms with Crippen LogP contribution in [-0.4, -0.2) is 193 Å². The second-order valence-corrected chi connectivity index (χ2v) is 24.3. The number of aromatic hydroxyl groups is 3. The van der Waals surface area contributed by atoms with E-state index in [1.165, 1.54) is 14.7 Å². The van der Waals surface area contributed by atoms with E-state index in [9.17, 15) is 74.7 Å². The van der Waals surface area contributed by atoms with Crippen molar-refractivity contribution in [3.8, 4) is 17.2 Å². The Hall–Kier alpha value is 3.21. The fraction of sp³-hybridized carbons (Fsp3) is 0.385. The summed E-state index contributed by atoms with van der Waals surface area (Å²) in [7, 11) is 0. The molecule has 1 aliphatic rings. The number of nitrogens with zero attached hydrogens (tertiary/aromatic N) is 3. The molecule has 0 aromatic heterocycles. The number of phenols is 3. The number of carbonyl (C=O) groups excluding carboxylic acids is 6. The molecular weight excluding hydrogens is 2000 g/mol. The van der Waals surface area contributed by atoms with Crippen molar-refractivity contribution in [3.63, 3.8) is 0 Å². The Bertz CT molecular complexity index is 2270. The van der Waals surface area contributed by atoms with Crippen molar-refractivity contribution in [1.29, 1.82) is 0 Å². The van der Waals surface area contributed by atoms with Crippen LogP contribution in [0, 0.1) is 32.1 Å². The Balaban J connectivity index is 0.00000864. The number of aliphatic hydroxyl groups is 6. The Labute approximate surface area is 601 Å². The van der Waals surface area contributed by atoms with Gasteiger partial charge in [0, 0.05) is 50.0 Å². The van der Waals surface area contributed by atoms with E-state index in [0.29, 0.717) is 0 Å². The van der Waals surface area contributed by atoms with Crippen molar-refractivity contribution in [2.75, 3.05) is 78.9 Å². The van der Waals surface area contributed by atoms with Crippen molar-refractivity contribution in [1.82, 2.24) is 30.7 Å². The molecule has 0 atom stereocenters. The van der Waals surface area contributed by atoms with E-state index >= 15 is 0 Å². The average Bonchev–Trinajstić information content (AvgIpc) is 3.43. The van der Waals surface area contributed by atoms with Crippen LogP contribution in [0.4, 0.5) is 0 Å². The summed E-state index contributed by atoms with van der Waals surface area (Å²) in [5.74, 6) is -5.86. The van der Waals surface area contributed by atoms with Crippen LogP contribution in [0.15, 0.2) is 0 Å². The van der Waals surface area contributed by atoms with Crippen molar-refractivity contribution in [2.24, 2.45) is 0 Å². The molecular formula is C39H39I9N6Na3O15+3. The minimum absolute atomic E-state index is 0. The van der Waals surface area contributed by atoms with Crippen molar-refractivity contribution >= 4 is 239 Å². The van der Waals surface area contributed by atoms with Gasteiger partial charge in [-0.2, -0.15) is 0 Å². The fourth-order valence-corrected chi connectivity index (χ4v) is 18.8. The van der Waals surface area contributed by atoms with Gasteiger partial charge in [-0.15, -0.1) is 0 Å². The molecule has 3 aromatic carbocycles. The first-order chi connectivity index (χ1) is 32.5. The molecule has 1 saturated heterocycles. The van der Waals surface area contributed by atoms with E-state index < -0.39 is 110 Å². The summed E-state index contributed by atoms with van der Waals surface area (Å²) in [5.41, 5.74) is -0.716. The van der Waals surface area contributed by atoms with E-state index in [4.69, 9.17) is 0 Å². The van der Waals surface area contributed by atoms with E-state index in [1.807, 2.05) is 0 Å². The summed E-state index contributed by atoms with van der Waals surface area (Å²) >= 11 is 15.9. The summed E-state index contributed by atoms with van der Waals surface area (Å²) in [6.45, 7) is -4.94. The third kappa shape index (κ3) is 16.9. The fourth-order valence-electron chi connectivity index (χ4n) is 6.48. The van der Waals surface area contributed by atoms with Gasteiger partial charge in [0.05, 0.1) is 113 Å². The maximum Gasteiger partial charge on any atom is 1.00 e. The van der Waals surface area contributed by atoms with Crippen molar-refractivity contribution in [3.05, 3.63) is 65.5 Å². The summed E-state index contributed by atoms with van der Waals surface area (Å²) in [6.07, 6.45) is 0. The number of carbonyl (C=O) groups is 6. The molecule has 0 bridgehead atoms. The molecule has 21 nitrogen and oxygen atoms in total. The molecule has 12 N–H and O–H groups in total. The molecule has 4 rings (SSSR count). The summed E-state index contributed by atoms with van der Waals surface area (Å²) in [5, 5.41) is 99.3. The van der Waals surface area contributed by atoms with Gasteiger partial charge in [0.15, 0.2) is 0 Å². The van der Waals surface area contributed by atoms with Crippen LogP contribution in [0.1, 0.15) is 62.1 Å². The van der Waals surface area contributed by atoms with Gasteiger partial charge >= 0.3 is 88.7 Å². The number of hydrogen-bond donors (Lipinski definition) is 12. The Morgan fingerprint density at radius 2 is 0.514 bits per heavy atom. The topological polar surface area (TPSA) is 330 Å². The summed E-state index contributed by atoms with van der Waals surface area (Å²) in [4.78, 5) is 89.4. The van der Waals surface area contributed by atoms with Crippen molar-refractivity contribution < 1.29 is 163 Å². The van der Waals surface area contributed by atoms with Gasteiger partial charge < -0.3 is 76.6 Å². The normalized spacial score (nSPS) is 12.8. The smallest absolute Gasteiger partial charge is 0.506 e. The molecule has 1 fully saturated rings. The van der Waals surface area contributed by atoms with Crippen LogP contribution in [0.2, 0.25) is 0 Å². The maximum atomic E-state index is 14.9. The third-order valence-electron chi connectivity index (χ3n) is 10.3. The molecule has 6 amide bonds. The van der Waals surface area contributed by atoms with E-state index in [1.54, 1.807) is 203 Å². The molecule has 0 saturated carbocycles. The molecule has 0 radical (unpaired) electrons. The average molecular weight is 2040 g/mol. The number of amides is 6. The maximum absolute atomic E-state index is 14.9. The van der Waals surface area contributed by atoms with Gasteiger partial charge in [-0.1, -0.05) is 0 Å². The zero-order valence-electron chi connectivity index (χ0n) is 37.9. The Morgan fingerprint density at radius 3 is 0.681 bits per heavy atom. The molecule has 0 aliphatic carbocycles. The number of halogens is 9. The first-order valence-corrected chi connectivity index (χ1v) is 29.3. The number of aliphatic hydroxyl groups excluding tert-OH is 6. The standard InChI is InChI=1S/C39H39I9N6O15.3Na/c40-22-16(34(64)49-13(7-55)8-56)25(43)31(61)28(46)19(22)37(67)52-1-2-53(38(68)20-23(41)17(26(44)32(62)29(20)47)35(65)50-14(9-57)10-58)5-6-54(4-3-52)39(69)21-24(42)18(27(45)33(63)30(21)48)36(66)51-15(11-59)12-60;;;/h13-15,55-63H,1-12H2,(H,49,64)(H,50,65)(H,51,66);;;/q;3*+1. The largest absolute Gasteiger partial charge is 1.00 e. The van der Waals surface area contributed by atoms with Gasteiger partial charge in [0.2, 0.25) is 0 Å². The molecule has 0 spiro atoms. The van der Waals surface area contributed by atoms with Crippen LogP contribution < -0.4 is 105 Å². The van der Waals surface area contributed by atoms with E-state index in [2.05, 4.69) is 16.0 Å². The van der Waals surface area contributed by atoms with Crippen LogP contribution in [0.5, 0.6) is 17.2 Å². The Kier molecular flexibility index (Phi) is 34.5. The van der Waals surface area contributed by atoms with Crippen LogP contribution >= 0.6 is 203 Å². The minimum Gasteiger partial charge on any atom is -0.506 e. The SMILES string of the molecule is O=C(NC(CO)CO)c1c(I)c(O)c(I)c(C(=O)N2CCN(C(=O)c3c(I)c(O)c(I)c(C(=O)NC(CO)CO)c3I)CCN(C(=O)c3c(I)c(O)c(I)c(C(=O)NC(CO)CO)c3I)CC2)c1I.[Na+].[Na+].[Na+]. The predicted octanol–water partition coefficient (Wildman–Crippen LogP) is -6.75. The molecule has 3 aromatic rings. The van der Waals surface area contributed by atoms with Crippen LogP contribution in [-0.2, 0) is 0 Å². The second kappa shape index (κ2) is 34.0. The molecule has 1 heterocycles. The van der Waals surface area contributed by atoms with Gasteiger partial charge in [0.25, 0.3) is 35.4 Å². The predicted molar refractivity (Wildman–Crippen MR) is 323 cm³/mol. The third-order valence-corrected chi connectivity index (χ3v) is 19.9. The first-order valence-electron chi connectivity index (χ1n) is 19.6. The van der Waals surface area contributed by atoms with Gasteiger partial charge in [0.1, 0.15) is 17.2 Å².